The highest BCUT2D eigenvalue weighted by atomic mass is 19.4. The Labute approximate surface area is 115 Å². The first kappa shape index (κ1) is 15.5. The number of halogens is 6. The number of imidazole rings is 1. The van der Waals surface area contributed by atoms with Crippen molar-refractivity contribution in [2.24, 2.45) is 0 Å². The Bertz CT molecular complexity index is 674. The molecule has 0 aliphatic rings. The van der Waals surface area contributed by atoms with Crippen LogP contribution in [0.4, 0.5) is 32.0 Å². The van der Waals surface area contributed by atoms with Crippen molar-refractivity contribution in [1.82, 2.24) is 9.55 Å². The van der Waals surface area contributed by atoms with Gasteiger partial charge in [0.1, 0.15) is 5.82 Å². The first-order valence-corrected chi connectivity index (χ1v) is 6.00. The predicted octanol–water partition coefficient (Wildman–Crippen LogP) is 3.82. The highest BCUT2D eigenvalue weighted by Crippen LogP contribution is 2.44. The third kappa shape index (κ3) is 2.40. The van der Waals surface area contributed by atoms with E-state index in [9.17, 15) is 26.3 Å². The summed E-state index contributed by atoms with van der Waals surface area (Å²) in [6, 6.07) is 1.75. The molecule has 2 rings (SSSR count). The summed E-state index contributed by atoms with van der Waals surface area (Å²) >= 11 is 0. The molecule has 0 fully saturated rings. The lowest BCUT2D eigenvalue weighted by atomic mass is 10.2. The normalized spacial score (nSPS) is 13.1. The van der Waals surface area contributed by atoms with E-state index in [-0.39, 0.29) is 23.3 Å². The molecule has 0 aliphatic carbocycles. The smallest absolute Gasteiger partial charge is 0.396 e. The van der Waals surface area contributed by atoms with Crippen LogP contribution in [0.5, 0.6) is 0 Å². The predicted molar refractivity (Wildman–Crippen MR) is 64.3 cm³/mol. The Hall–Kier alpha value is -1.93. The van der Waals surface area contributed by atoms with Gasteiger partial charge in [0.15, 0.2) is 5.82 Å². The number of aryl methyl sites for hydroxylation is 1. The average Bonchev–Trinajstić information content (AvgIpc) is 2.68. The lowest BCUT2D eigenvalue weighted by molar-refractivity contribution is -0.293. The number of nitrogen functional groups attached to an aromatic ring is 1. The molecule has 0 saturated carbocycles. The second-order valence-electron chi connectivity index (χ2n) is 4.52. The maximum Gasteiger partial charge on any atom is 0.461 e. The van der Waals surface area contributed by atoms with Crippen LogP contribution in [0, 0.1) is 5.82 Å². The summed E-state index contributed by atoms with van der Waals surface area (Å²) in [7, 11) is 0. The molecule has 0 aliphatic heterocycles. The van der Waals surface area contributed by atoms with Gasteiger partial charge in [-0.2, -0.15) is 22.0 Å². The van der Waals surface area contributed by atoms with Crippen molar-refractivity contribution in [3.63, 3.8) is 0 Å². The topological polar surface area (TPSA) is 43.8 Å². The highest BCUT2D eigenvalue weighted by Gasteiger charge is 2.61. The van der Waals surface area contributed by atoms with E-state index in [1.165, 1.54) is 0 Å². The van der Waals surface area contributed by atoms with Gasteiger partial charge in [0.05, 0.1) is 16.7 Å². The minimum absolute atomic E-state index is 0.0605. The molecule has 3 nitrogen and oxygen atoms in total. The molecule has 0 atom stereocenters. The van der Waals surface area contributed by atoms with E-state index in [2.05, 4.69) is 4.98 Å². The molecule has 9 heteroatoms. The van der Waals surface area contributed by atoms with Crippen LogP contribution < -0.4 is 5.73 Å². The van der Waals surface area contributed by atoms with Crippen molar-refractivity contribution in [3.05, 3.63) is 23.8 Å². The minimum Gasteiger partial charge on any atom is -0.396 e. The van der Waals surface area contributed by atoms with E-state index < -0.39 is 23.7 Å². The van der Waals surface area contributed by atoms with Crippen LogP contribution in [0.15, 0.2) is 12.1 Å². The lowest BCUT2D eigenvalue weighted by Crippen LogP contribution is -2.36. The SMILES string of the molecule is CCCn1c(C(F)(F)C(F)(F)F)nc2cc(F)c(N)cc21. The minimum atomic E-state index is -5.79. The van der Waals surface area contributed by atoms with Crippen LogP contribution in [0.2, 0.25) is 0 Å². The van der Waals surface area contributed by atoms with Gasteiger partial charge >= 0.3 is 12.1 Å². The molecule has 0 bridgehead atoms. The maximum absolute atomic E-state index is 13.6. The van der Waals surface area contributed by atoms with E-state index >= 15 is 0 Å². The number of fused-ring (bicyclic) bond motifs is 1. The van der Waals surface area contributed by atoms with Gasteiger partial charge in [0, 0.05) is 12.6 Å². The van der Waals surface area contributed by atoms with Crippen molar-refractivity contribution >= 4 is 16.7 Å². The maximum atomic E-state index is 13.6. The monoisotopic (exact) mass is 311 g/mol. The standard InChI is InChI=1S/C12H11F6N3/c1-2-3-21-9-5-7(19)6(13)4-8(9)20-10(21)11(14,15)12(16,17)18/h4-5H,2-3,19H2,1H3. The van der Waals surface area contributed by atoms with Gasteiger partial charge in [-0.05, 0) is 12.5 Å². The van der Waals surface area contributed by atoms with E-state index in [1.807, 2.05) is 0 Å². The van der Waals surface area contributed by atoms with E-state index in [0.717, 1.165) is 16.7 Å². The molecule has 0 spiro atoms. The molecule has 0 unspecified atom stereocenters. The summed E-state index contributed by atoms with van der Waals surface area (Å²) in [5.41, 5.74) is 4.63. The van der Waals surface area contributed by atoms with Crippen LogP contribution in [0.25, 0.3) is 11.0 Å². The Kier molecular flexibility index (Phi) is 3.54. The first-order valence-electron chi connectivity index (χ1n) is 6.00. The second-order valence-corrected chi connectivity index (χ2v) is 4.52. The zero-order chi connectivity index (χ0) is 16.0. The molecule has 1 heterocycles. The largest absolute Gasteiger partial charge is 0.461 e. The van der Waals surface area contributed by atoms with Crippen LogP contribution in [-0.4, -0.2) is 15.7 Å². The van der Waals surface area contributed by atoms with Crippen LogP contribution in [-0.2, 0) is 12.5 Å². The molecule has 0 saturated heterocycles. The van der Waals surface area contributed by atoms with Crippen LogP contribution in [0.1, 0.15) is 19.2 Å². The van der Waals surface area contributed by atoms with E-state index in [1.54, 1.807) is 6.92 Å². The Morgan fingerprint density at radius 3 is 2.33 bits per heavy atom. The van der Waals surface area contributed by atoms with Gasteiger partial charge in [0.25, 0.3) is 0 Å². The van der Waals surface area contributed by atoms with Gasteiger partial charge in [-0.15, -0.1) is 0 Å². The molecule has 21 heavy (non-hydrogen) atoms. The molecule has 0 amide bonds. The number of anilines is 1. The average molecular weight is 311 g/mol. The molecule has 116 valence electrons. The van der Waals surface area contributed by atoms with Crippen molar-refractivity contribution in [2.75, 3.05) is 5.73 Å². The third-order valence-corrected chi connectivity index (χ3v) is 2.95. The van der Waals surface area contributed by atoms with E-state index in [0.29, 0.717) is 6.42 Å². The zero-order valence-electron chi connectivity index (χ0n) is 10.8. The lowest BCUT2D eigenvalue weighted by Gasteiger charge is -2.20. The van der Waals surface area contributed by atoms with Gasteiger partial charge in [-0.25, -0.2) is 9.37 Å². The van der Waals surface area contributed by atoms with Crippen molar-refractivity contribution in [1.29, 1.82) is 0 Å². The van der Waals surface area contributed by atoms with Crippen molar-refractivity contribution < 1.29 is 26.3 Å². The number of nitrogens with zero attached hydrogens (tertiary/aromatic N) is 2. The Morgan fingerprint density at radius 2 is 1.81 bits per heavy atom. The molecule has 1 aromatic carbocycles. The van der Waals surface area contributed by atoms with E-state index in [4.69, 9.17) is 5.73 Å². The van der Waals surface area contributed by atoms with Crippen molar-refractivity contribution in [3.8, 4) is 0 Å². The Balaban J connectivity index is 2.77. The van der Waals surface area contributed by atoms with Gasteiger partial charge in [0.2, 0.25) is 0 Å². The first-order chi connectivity index (χ1) is 9.59. The van der Waals surface area contributed by atoms with Crippen molar-refractivity contribution in [2.45, 2.75) is 32.0 Å². The molecule has 1 aromatic heterocycles. The number of hydrogen-bond acceptors (Lipinski definition) is 2. The molecule has 2 N–H and O–H groups in total. The summed E-state index contributed by atoms with van der Waals surface area (Å²) in [6.45, 7) is 1.48. The fourth-order valence-corrected chi connectivity index (χ4v) is 1.98. The second kappa shape index (κ2) is 4.81. The van der Waals surface area contributed by atoms with Gasteiger partial charge < -0.3 is 10.3 Å². The zero-order valence-corrected chi connectivity index (χ0v) is 10.8. The fourth-order valence-electron chi connectivity index (χ4n) is 1.98. The number of alkyl halides is 5. The summed E-state index contributed by atoms with van der Waals surface area (Å²) < 4.78 is 78.7. The summed E-state index contributed by atoms with van der Waals surface area (Å²) in [4.78, 5) is 3.27. The Morgan fingerprint density at radius 1 is 1.19 bits per heavy atom. The third-order valence-electron chi connectivity index (χ3n) is 2.95. The molecule has 2 aromatic rings. The number of benzene rings is 1. The molecular formula is C12H11F6N3. The summed E-state index contributed by atoms with van der Waals surface area (Å²) in [5.74, 6) is -7.52. The molecular weight excluding hydrogens is 300 g/mol. The number of rotatable bonds is 3. The van der Waals surface area contributed by atoms with Crippen LogP contribution in [0.3, 0.4) is 0 Å². The summed E-state index contributed by atoms with van der Waals surface area (Å²) in [5, 5.41) is 0. The molecule has 0 radical (unpaired) electrons. The number of nitrogens with two attached hydrogens (primary N) is 1. The number of aromatic nitrogens is 2. The quantitative estimate of drug-likeness (QED) is 0.692. The summed E-state index contributed by atoms with van der Waals surface area (Å²) in [6.07, 6.45) is -5.49. The van der Waals surface area contributed by atoms with Gasteiger partial charge in [-0.3, -0.25) is 0 Å². The van der Waals surface area contributed by atoms with Crippen LogP contribution >= 0.6 is 0 Å². The number of hydrogen-bond donors (Lipinski definition) is 1. The highest BCUT2D eigenvalue weighted by molar-refractivity contribution is 5.80. The fraction of sp³-hybridized carbons (Fsp3) is 0.417. The van der Waals surface area contributed by atoms with Gasteiger partial charge in [-0.1, -0.05) is 6.92 Å².